The highest BCUT2D eigenvalue weighted by atomic mass is 19.1. The Morgan fingerprint density at radius 1 is 1.37 bits per heavy atom. The molecule has 0 aromatic heterocycles. The Kier molecular flexibility index (Phi) is 3.84. The zero-order valence-electron chi connectivity index (χ0n) is 10.9. The maximum absolute atomic E-state index is 13.3. The fourth-order valence-electron chi connectivity index (χ4n) is 1.92. The highest BCUT2D eigenvalue weighted by molar-refractivity contribution is 5.76. The van der Waals surface area contributed by atoms with Gasteiger partial charge >= 0.3 is 5.97 Å². The summed E-state index contributed by atoms with van der Waals surface area (Å²) in [6.45, 7) is 1.53. The number of hydrogen-bond acceptors (Lipinski definition) is 5. The van der Waals surface area contributed by atoms with Gasteiger partial charge in [-0.1, -0.05) is 12.1 Å². The Morgan fingerprint density at radius 3 is 2.68 bits per heavy atom. The van der Waals surface area contributed by atoms with Gasteiger partial charge in [-0.2, -0.15) is 0 Å². The second-order valence-corrected chi connectivity index (χ2v) is 4.22. The van der Waals surface area contributed by atoms with Crippen LogP contribution in [0.4, 0.5) is 4.39 Å². The molecule has 1 aromatic rings. The SMILES string of the molecule is COC(=O)[C@@H]1OC(C)(OC)O[C@H]1c1cccc(F)c1. The lowest BCUT2D eigenvalue weighted by Crippen LogP contribution is -2.31. The number of ether oxygens (including phenoxy) is 4. The van der Waals surface area contributed by atoms with E-state index in [2.05, 4.69) is 4.74 Å². The first-order valence-corrected chi connectivity index (χ1v) is 5.73. The van der Waals surface area contributed by atoms with Crippen LogP contribution in [0.1, 0.15) is 18.6 Å². The fraction of sp³-hybridized carbons (Fsp3) is 0.462. The first-order chi connectivity index (χ1) is 8.99. The molecule has 1 aliphatic heterocycles. The number of carbonyl (C=O) groups excluding carboxylic acids is 1. The molecule has 3 atom stereocenters. The summed E-state index contributed by atoms with van der Waals surface area (Å²) < 4.78 is 34.0. The molecule has 5 nitrogen and oxygen atoms in total. The molecular formula is C13H15FO5. The standard InChI is InChI=1S/C13H15FO5/c1-13(17-3)18-10(11(19-13)12(15)16-2)8-5-4-6-9(14)7-8/h4-7,10-11H,1-3H3/t10-,11+,13?/m0/s1. The van der Waals surface area contributed by atoms with Crippen LogP contribution in [0.2, 0.25) is 0 Å². The minimum absolute atomic E-state index is 0.421. The lowest BCUT2D eigenvalue weighted by Gasteiger charge is -2.20. The summed E-state index contributed by atoms with van der Waals surface area (Å²) in [7, 11) is 2.64. The smallest absolute Gasteiger partial charge is 0.338 e. The zero-order chi connectivity index (χ0) is 14.0. The van der Waals surface area contributed by atoms with E-state index in [1.54, 1.807) is 6.07 Å². The highest BCUT2D eigenvalue weighted by Crippen LogP contribution is 2.39. The summed E-state index contributed by atoms with van der Waals surface area (Å²) in [5.74, 6) is -2.39. The summed E-state index contributed by atoms with van der Waals surface area (Å²) >= 11 is 0. The van der Waals surface area contributed by atoms with Crippen LogP contribution in [0.15, 0.2) is 24.3 Å². The summed E-state index contributed by atoms with van der Waals surface area (Å²) in [5, 5.41) is 0. The van der Waals surface area contributed by atoms with Crippen molar-refractivity contribution < 1.29 is 28.1 Å². The van der Waals surface area contributed by atoms with Crippen LogP contribution in [0.25, 0.3) is 0 Å². The van der Waals surface area contributed by atoms with Crippen molar-refractivity contribution in [3.05, 3.63) is 35.6 Å². The van der Waals surface area contributed by atoms with Crippen molar-refractivity contribution in [2.24, 2.45) is 0 Å². The Labute approximate surface area is 110 Å². The van der Waals surface area contributed by atoms with E-state index in [0.717, 1.165) is 0 Å². The van der Waals surface area contributed by atoms with Crippen molar-refractivity contribution in [2.75, 3.05) is 14.2 Å². The molecule has 0 saturated carbocycles. The third kappa shape index (κ3) is 2.75. The van der Waals surface area contributed by atoms with Gasteiger partial charge in [0.05, 0.1) is 7.11 Å². The van der Waals surface area contributed by atoms with Gasteiger partial charge in [-0.25, -0.2) is 9.18 Å². The van der Waals surface area contributed by atoms with E-state index in [1.807, 2.05) is 0 Å². The lowest BCUT2D eigenvalue weighted by molar-refractivity contribution is -0.318. The van der Waals surface area contributed by atoms with Gasteiger partial charge in [0.15, 0.2) is 6.10 Å². The van der Waals surface area contributed by atoms with Gasteiger partial charge in [-0.05, 0) is 17.7 Å². The fourth-order valence-corrected chi connectivity index (χ4v) is 1.92. The van der Waals surface area contributed by atoms with Crippen LogP contribution in [-0.4, -0.2) is 32.3 Å². The van der Waals surface area contributed by atoms with Crippen LogP contribution in [-0.2, 0) is 23.7 Å². The van der Waals surface area contributed by atoms with Crippen molar-refractivity contribution >= 4 is 5.97 Å². The molecule has 0 bridgehead atoms. The van der Waals surface area contributed by atoms with Crippen LogP contribution in [0.3, 0.4) is 0 Å². The molecule has 0 N–H and O–H groups in total. The summed E-state index contributed by atoms with van der Waals surface area (Å²) in [4.78, 5) is 11.7. The molecule has 0 aliphatic carbocycles. The Balaban J connectivity index is 2.33. The molecule has 0 amide bonds. The average molecular weight is 270 g/mol. The molecule has 6 heteroatoms. The second-order valence-electron chi connectivity index (χ2n) is 4.22. The van der Waals surface area contributed by atoms with Crippen molar-refractivity contribution in [1.82, 2.24) is 0 Å². The molecule has 104 valence electrons. The average Bonchev–Trinajstić information content (AvgIpc) is 2.77. The van der Waals surface area contributed by atoms with Crippen LogP contribution in [0, 0.1) is 5.82 Å². The van der Waals surface area contributed by atoms with E-state index in [-0.39, 0.29) is 0 Å². The number of halogens is 1. The normalized spacial score (nSPS) is 30.3. The minimum atomic E-state index is -1.37. The second kappa shape index (κ2) is 5.24. The molecule has 19 heavy (non-hydrogen) atoms. The first-order valence-electron chi connectivity index (χ1n) is 5.73. The molecule has 1 heterocycles. The summed E-state index contributed by atoms with van der Waals surface area (Å²) in [6, 6.07) is 5.77. The Bertz CT molecular complexity index is 478. The minimum Gasteiger partial charge on any atom is -0.467 e. The van der Waals surface area contributed by atoms with Gasteiger partial charge in [0.2, 0.25) is 0 Å². The summed E-state index contributed by atoms with van der Waals surface area (Å²) in [6.07, 6.45) is -1.79. The van der Waals surface area contributed by atoms with Crippen LogP contribution in [0.5, 0.6) is 0 Å². The van der Waals surface area contributed by atoms with Crippen LogP contribution < -0.4 is 0 Å². The predicted molar refractivity (Wildman–Crippen MR) is 62.5 cm³/mol. The molecule has 1 aliphatic rings. The van der Waals surface area contributed by atoms with E-state index in [4.69, 9.17) is 14.2 Å². The van der Waals surface area contributed by atoms with Crippen LogP contribution >= 0.6 is 0 Å². The third-order valence-corrected chi connectivity index (χ3v) is 2.94. The highest BCUT2D eigenvalue weighted by Gasteiger charge is 2.49. The molecule has 0 radical (unpaired) electrons. The van der Waals surface area contributed by atoms with Gasteiger partial charge in [0.25, 0.3) is 5.97 Å². The van der Waals surface area contributed by atoms with E-state index in [9.17, 15) is 9.18 Å². The molecule has 0 spiro atoms. The van der Waals surface area contributed by atoms with Gasteiger partial charge in [0.1, 0.15) is 11.9 Å². The number of carbonyl (C=O) groups is 1. The third-order valence-electron chi connectivity index (χ3n) is 2.94. The largest absolute Gasteiger partial charge is 0.467 e. The first kappa shape index (κ1) is 13.9. The number of esters is 1. The van der Waals surface area contributed by atoms with E-state index in [1.165, 1.54) is 39.3 Å². The van der Waals surface area contributed by atoms with E-state index < -0.39 is 30.0 Å². The Hall–Kier alpha value is -1.50. The number of rotatable bonds is 3. The maximum Gasteiger partial charge on any atom is 0.338 e. The van der Waals surface area contributed by atoms with Crippen molar-refractivity contribution in [2.45, 2.75) is 25.1 Å². The van der Waals surface area contributed by atoms with Crippen molar-refractivity contribution in [3.8, 4) is 0 Å². The molecule has 1 unspecified atom stereocenters. The number of hydrogen-bond donors (Lipinski definition) is 0. The number of benzene rings is 1. The molecular weight excluding hydrogens is 255 g/mol. The van der Waals surface area contributed by atoms with E-state index in [0.29, 0.717) is 5.56 Å². The topological polar surface area (TPSA) is 54.0 Å². The number of methoxy groups -OCH3 is 2. The lowest BCUT2D eigenvalue weighted by atomic mass is 10.0. The quantitative estimate of drug-likeness (QED) is 0.784. The van der Waals surface area contributed by atoms with Gasteiger partial charge < -0.3 is 18.9 Å². The van der Waals surface area contributed by atoms with Crippen molar-refractivity contribution in [3.63, 3.8) is 0 Å². The van der Waals surface area contributed by atoms with Gasteiger partial charge in [-0.3, -0.25) is 0 Å². The molecule has 2 rings (SSSR count). The maximum atomic E-state index is 13.3. The van der Waals surface area contributed by atoms with Gasteiger partial charge in [0, 0.05) is 14.0 Å². The molecule has 1 aromatic carbocycles. The summed E-state index contributed by atoms with van der Waals surface area (Å²) in [5.41, 5.74) is 0.483. The molecule has 1 saturated heterocycles. The molecule has 1 fully saturated rings. The predicted octanol–water partition coefficient (Wildman–Crippen LogP) is 1.78. The Morgan fingerprint density at radius 2 is 2.11 bits per heavy atom. The van der Waals surface area contributed by atoms with E-state index >= 15 is 0 Å². The van der Waals surface area contributed by atoms with Gasteiger partial charge in [-0.15, -0.1) is 0 Å². The monoisotopic (exact) mass is 270 g/mol. The van der Waals surface area contributed by atoms with Crippen molar-refractivity contribution in [1.29, 1.82) is 0 Å². The zero-order valence-corrected chi connectivity index (χ0v) is 10.9.